The van der Waals surface area contributed by atoms with Crippen LogP contribution in [0, 0.1) is 5.92 Å². The number of hydrogen-bond acceptors (Lipinski definition) is 2. The molecule has 1 aromatic heterocycles. The SMILES string of the molecule is Cn1nccc1CCC(N)CCC1CCCC1. The van der Waals surface area contributed by atoms with Gasteiger partial charge in [-0.15, -0.1) is 0 Å². The summed E-state index contributed by atoms with van der Waals surface area (Å²) in [7, 11) is 2.00. The Kier molecular flexibility index (Phi) is 4.60. The molecule has 96 valence electrons. The highest BCUT2D eigenvalue weighted by Gasteiger charge is 2.16. The summed E-state index contributed by atoms with van der Waals surface area (Å²) in [6, 6.07) is 2.45. The van der Waals surface area contributed by atoms with E-state index in [0.717, 1.165) is 18.8 Å². The van der Waals surface area contributed by atoms with E-state index in [1.807, 2.05) is 17.9 Å². The molecule has 17 heavy (non-hydrogen) atoms. The summed E-state index contributed by atoms with van der Waals surface area (Å²) in [6.45, 7) is 0. The monoisotopic (exact) mass is 235 g/mol. The van der Waals surface area contributed by atoms with Crippen molar-refractivity contribution >= 4 is 0 Å². The van der Waals surface area contributed by atoms with Crippen LogP contribution in [0.4, 0.5) is 0 Å². The molecule has 1 fully saturated rings. The van der Waals surface area contributed by atoms with Gasteiger partial charge >= 0.3 is 0 Å². The lowest BCUT2D eigenvalue weighted by Gasteiger charge is -2.14. The van der Waals surface area contributed by atoms with Crippen LogP contribution in [0.15, 0.2) is 12.3 Å². The average molecular weight is 235 g/mol. The molecule has 2 rings (SSSR count). The van der Waals surface area contributed by atoms with Gasteiger partial charge in [-0.2, -0.15) is 5.10 Å². The molecule has 1 saturated carbocycles. The van der Waals surface area contributed by atoms with Crippen LogP contribution < -0.4 is 5.73 Å². The first-order chi connectivity index (χ1) is 8.25. The predicted octanol–water partition coefficient (Wildman–Crippen LogP) is 2.65. The van der Waals surface area contributed by atoms with Gasteiger partial charge in [-0.3, -0.25) is 4.68 Å². The molecule has 1 aliphatic rings. The van der Waals surface area contributed by atoms with Crippen LogP contribution in [-0.4, -0.2) is 15.8 Å². The second kappa shape index (κ2) is 6.20. The Morgan fingerprint density at radius 2 is 2.18 bits per heavy atom. The molecule has 0 aromatic carbocycles. The zero-order chi connectivity index (χ0) is 12.1. The van der Waals surface area contributed by atoms with E-state index in [0.29, 0.717) is 6.04 Å². The van der Waals surface area contributed by atoms with Crippen LogP contribution in [0.25, 0.3) is 0 Å². The molecule has 1 aliphatic carbocycles. The first-order valence-corrected chi connectivity index (χ1v) is 6.98. The first kappa shape index (κ1) is 12.6. The van der Waals surface area contributed by atoms with Gasteiger partial charge in [-0.05, 0) is 37.7 Å². The van der Waals surface area contributed by atoms with Gasteiger partial charge in [0.2, 0.25) is 0 Å². The summed E-state index contributed by atoms with van der Waals surface area (Å²) >= 11 is 0. The van der Waals surface area contributed by atoms with Crippen LogP contribution in [0.1, 0.15) is 50.6 Å². The molecule has 3 nitrogen and oxygen atoms in total. The minimum Gasteiger partial charge on any atom is -0.328 e. The number of hydrogen-bond donors (Lipinski definition) is 1. The highest BCUT2D eigenvalue weighted by atomic mass is 15.2. The molecule has 1 atom stereocenters. The second-order valence-electron chi connectivity index (χ2n) is 5.47. The van der Waals surface area contributed by atoms with Crippen molar-refractivity contribution in [2.75, 3.05) is 0 Å². The average Bonchev–Trinajstić information content (AvgIpc) is 2.95. The van der Waals surface area contributed by atoms with Gasteiger partial charge in [0, 0.05) is 25.0 Å². The molecule has 3 heteroatoms. The summed E-state index contributed by atoms with van der Waals surface area (Å²) in [6.07, 6.45) is 12.3. The van der Waals surface area contributed by atoms with Crippen LogP contribution in [0.3, 0.4) is 0 Å². The lowest BCUT2D eigenvalue weighted by molar-refractivity contribution is 0.435. The number of nitrogens with two attached hydrogens (primary N) is 1. The Bertz CT molecular complexity index is 326. The van der Waals surface area contributed by atoms with Crippen molar-refractivity contribution in [2.24, 2.45) is 18.7 Å². The number of aromatic nitrogens is 2. The molecule has 1 unspecified atom stereocenters. The summed E-state index contributed by atoms with van der Waals surface area (Å²) in [5.74, 6) is 0.970. The van der Waals surface area contributed by atoms with E-state index < -0.39 is 0 Å². The van der Waals surface area contributed by atoms with Gasteiger partial charge in [0.25, 0.3) is 0 Å². The van der Waals surface area contributed by atoms with Crippen LogP contribution in [-0.2, 0) is 13.5 Å². The molecule has 1 aromatic rings. The van der Waals surface area contributed by atoms with Crippen LogP contribution >= 0.6 is 0 Å². The second-order valence-corrected chi connectivity index (χ2v) is 5.47. The molecular weight excluding hydrogens is 210 g/mol. The third-order valence-electron chi connectivity index (χ3n) is 4.11. The van der Waals surface area contributed by atoms with Crippen LogP contribution in [0.5, 0.6) is 0 Å². The molecule has 0 aliphatic heterocycles. The maximum absolute atomic E-state index is 6.19. The van der Waals surface area contributed by atoms with Gasteiger partial charge in [-0.25, -0.2) is 0 Å². The van der Waals surface area contributed by atoms with Gasteiger partial charge in [0.15, 0.2) is 0 Å². The van der Waals surface area contributed by atoms with Crippen molar-refractivity contribution in [2.45, 2.75) is 57.4 Å². The highest BCUT2D eigenvalue weighted by Crippen LogP contribution is 2.29. The normalized spacial score (nSPS) is 18.7. The van der Waals surface area contributed by atoms with E-state index in [-0.39, 0.29) is 0 Å². The van der Waals surface area contributed by atoms with Crippen LogP contribution in [0.2, 0.25) is 0 Å². The quantitative estimate of drug-likeness (QED) is 0.823. The summed E-state index contributed by atoms with van der Waals surface area (Å²) in [5.41, 5.74) is 7.48. The standard InChI is InChI=1S/C14H25N3/c1-17-14(10-11-16-17)9-8-13(15)7-6-12-4-2-3-5-12/h10-13H,2-9,15H2,1H3. The zero-order valence-corrected chi connectivity index (χ0v) is 10.9. The lowest BCUT2D eigenvalue weighted by atomic mass is 9.96. The van der Waals surface area contributed by atoms with E-state index in [1.165, 1.54) is 44.2 Å². The van der Waals surface area contributed by atoms with E-state index in [4.69, 9.17) is 5.73 Å². The molecule has 0 amide bonds. The summed E-state index contributed by atoms with van der Waals surface area (Å²) in [4.78, 5) is 0. The number of rotatable bonds is 6. The van der Waals surface area contributed by atoms with Crippen molar-refractivity contribution < 1.29 is 0 Å². The predicted molar refractivity (Wildman–Crippen MR) is 70.7 cm³/mol. The molecule has 0 spiro atoms. The topological polar surface area (TPSA) is 43.8 Å². The molecule has 0 saturated heterocycles. The van der Waals surface area contributed by atoms with Gasteiger partial charge < -0.3 is 5.73 Å². The summed E-state index contributed by atoms with van der Waals surface area (Å²) in [5, 5.41) is 4.18. The Hall–Kier alpha value is -0.830. The smallest absolute Gasteiger partial charge is 0.0492 e. The zero-order valence-electron chi connectivity index (χ0n) is 10.9. The Morgan fingerprint density at radius 1 is 1.41 bits per heavy atom. The van der Waals surface area contributed by atoms with E-state index >= 15 is 0 Å². The highest BCUT2D eigenvalue weighted by molar-refractivity contribution is 5.00. The Balaban J connectivity index is 1.63. The third-order valence-corrected chi connectivity index (χ3v) is 4.11. The molecule has 1 heterocycles. The molecule has 0 radical (unpaired) electrons. The fourth-order valence-electron chi connectivity index (χ4n) is 2.87. The van der Waals surface area contributed by atoms with Gasteiger partial charge in [0.05, 0.1) is 0 Å². The van der Waals surface area contributed by atoms with E-state index in [9.17, 15) is 0 Å². The molecule has 2 N–H and O–H groups in total. The van der Waals surface area contributed by atoms with Crippen molar-refractivity contribution in [3.63, 3.8) is 0 Å². The largest absolute Gasteiger partial charge is 0.328 e. The lowest BCUT2D eigenvalue weighted by Crippen LogP contribution is -2.22. The minimum atomic E-state index is 0.366. The van der Waals surface area contributed by atoms with Crippen molar-refractivity contribution in [1.82, 2.24) is 9.78 Å². The Morgan fingerprint density at radius 3 is 2.82 bits per heavy atom. The summed E-state index contributed by atoms with van der Waals surface area (Å²) < 4.78 is 1.95. The van der Waals surface area contributed by atoms with Crippen molar-refractivity contribution in [3.8, 4) is 0 Å². The van der Waals surface area contributed by atoms with Crippen molar-refractivity contribution in [3.05, 3.63) is 18.0 Å². The van der Waals surface area contributed by atoms with E-state index in [2.05, 4.69) is 11.2 Å². The van der Waals surface area contributed by atoms with E-state index in [1.54, 1.807) is 0 Å². The maximum atomic E-state index is 6.19. The number of aryl methyl sites for hydroxylation is 2. The first-order valence-electron chi connectivity index (χ1n) is 6.98. The minimum absolute atomic E-state index is 0.366. The fourth-order valence-corrected chi connectivity index (χ4v) is 2.87. The fraction of sp³-hybridized carbons (Fsp3) is 0.786. The molecular formula is C14H25N3. The van der Waals surface area contributed by atoms with Gasteiger partial charge in [-0.1, -0.05) is 25.7 Å². The van der Waals surface area contributed by atoms with Crippen molar-refractivity contribution in [1.29, 1.82) is 0 Å². The maximum Gasteiger partial charge on any atom is 0.0492 e. The molecule has 0 bridgehead atoms. The van der Waals surface area contributed by atoms with Gasteiger partial charge in [0.1, 0.15) is 0 Å². The Labute approximate surface area is 104 Å². The third kappa shape index (κ3) is 3.84. The number of nitrogens with zero attached hydrogens (tertiary/aromatic N) is 2.